The van der Waals surface area contributed by atoms with Gasteiger partial charge in [0.1, 0.15) is 0 Å². The van der Waals surface area contributed by atoms with E-state index in [1.54, 1.807) is 0 Å². The second-order valence-corrected chi connectivity index (χ2v) is 4.32. The summed E-state index contributed by atoms with van der Waals surface area (Å²) in [7, 11) is 0. The number of rotatable bonds is 0. The van der Waals surface area contributed by atoms with Crippen LogP contribution in [0, 0.1) is 0 Å². The summed E-state index contributed by atoms with van der Waals surface area (Å²) in [5, 5.41) is 0. The first kappa shape index (κ1) is 3.65. The van der Waals surface area contributed by atoms with Gasteiger partial charge < -0.3 is 0 Å². The molecule has 0 N–H and O–H groups in total. The van der Waals surface area contributed by atoms with Crippen molar-refractivity contribution in [2.45, 2.75) is 4.44 Å². The van der Waals surface area contributed by atoms with Gasteiger partial charge in [-0.05, 0) is 0 Å². The second kappa shape index (κ2) is 1.80. The fourth-order valence-corrected chi connectivity index (χ4v) is 2.17. The van der Waals surface area contributed by atoms with Crippen molar-refractivity contribution in [3.05, 3.63) is 0 Å². The quantitative estimate of drug-likeness (QED) is 0.463. The van der Waals surface area contributed by atoms with Gasteiger partial charge >= 0.3 is 41.3 Å². The van der Waals surface area contributed by atoms with Gasteiger partial charge in [-0.15, -0.1) is 0 Å². The Bertz CT molecular complexity index is 44.9. The zero-order valence-electron chi connectivity index (χ0n) is 2.94. The van der Waals surface area contributed by atoms with Crippen LogP contribution in [-0.2, 0) is 0 Å². The predicted molar refractivity (Wildman–Crippen MR) is 23.9 cm³/mol. The third kappa shape index (κ3) is 0.911. The average molecular weight is 174 g/mol. The fraction of sp³-hybridized carbons (Fsp3) is 0.667. The molecule has 2 radical (unpaired) electrons. The van der Waals surface area contributed by atoms with E-state index < -0.39 is 0 Å². The second-order valence-electron chi connectivity index (χ2n) is 0.989. The Hall–Kier alpha value is 0.469. The van der Waals surface area contributed by atoms with Crippen LogP contribution in [-0.4, -0.2) is 31.9 Å². The summed E-state index contributed by atoms with van der Waals surface area (Å²) in [4.78, 5) is 4.03. The van der Waals surface area contributed by atoms with Gasteiger partial charge in [-0.25, -0.2) is 0 Å². The van der Waals surface area contributed by atoms with E-state index in [2.05, 4.69) is 9.22 Å². The molecule has 1 rings (SSSR count). The number of nitrogens with zero attached hydrogens (tertiary/aromatic N) is 1. The minimum absolute atomic E-state index is 0.0372. The van der Waals surface area contributed by atoms with Crippen molar-refractivity contribution in [1.82, 2.24) is 0 Å². The van der Waals surface area contributed by atoms with Crippen LogP contribution in [0.2, 0.25) is 4.44 Å². The maximum atomic E-state index is 4.03. The molecular formula is C3H5NSn. The number of hydrogen-bond acceptors (Lipinski definition) is 1. The topological polar surface area (TPSA) is 12.4 Å². The van der Waals surface area contributed by atoms with Gasteiger partial charge in [-0.3, -0.25) is 0 Å². The molecular weight excluding hydrogens is 169 g/mol. The summed E-state index contributed by atoms with van der Waals surface area (Å²) in [6.45, 7) is 1.14. The van der Waals surface area contributed by atoms with E-state index in [1.165, 1.54) is 4.44 Å². The van der Waals surface area contributed by atoms with Crippen molar-refractivity contribution in [3.8, 4) is 0 Å². The van der Waals surface area contributed by atoms with Crippen LogP contribution in [0.25, 0.3) is 0 Å². The molecule has 1 nitrogen and oxygen atoms in total. The Morgan fingerprint density at radius 3 is 3.00 bits per heavy atom. The Kier molecular flexibility index (Phi) is 1.31. The average Bonchev–Trinajstić information content (AvgIpc) is 1.76. The van der Waals surface area contributed by atoms with Crippen LogP contribution in [0.3, 0.4) is 0 Å². The first-order valence-corrected chi connectivity index (χ1v) is 5.38. The van der Waals surface area contributed by atoms with E-state index in [9.17, 15) is 0 Å². The molecule has 26 valence electrons. The SMILES string of the molecule is [CH]1=NC[CH2][Sn]1. The molecule has 0 atom stereocenters. The summed E-state index contributed by atoms with van der Waals surface area (Å²) < 4.78 is 3.60. The molecule has 0 amide bonds. The molecule has 0 aromatic carbocycles. The molecule has 0 fully saturated rings. The minimum atomic E-state index is 0.0372. The number of aliphatic imine (C=N–C) groups is 1. The zero-order valence-corrected chi connectivity index (χ0v) is 5.79. The van der Waals surface area contributed by atoms with E-state index in [0.717, 1.165) is 6.54 Å². The van der Waals surface area contributed by atoms with E-state index in [4.69, 9.17) is 0 Å². The van der Waals surface area contributed by atoms with Gasteiger partial charge in [-0.2, -0.15) is 0 Å². The summed E-state index contributed by atoms with van der Waals surface area (Å²) in [6.07, 6.45) is 0. The third-order valence-electron chi connectivity index (χ3n) is 0.568. The van der Waals surface area contributed by atoms with Crippen molar-refractivity contribution in [3.63, 3.8) is 0 Å². The molecule has 1 aliphatic heterocycles. The molecule has 0 bridgehead atoms. The fourth-order valence-electron chi connectivity index (χ4n) is 0.323. The van der Waals surface area contributed by atoms with Crippen LogP contribution in [0.15, 0.2) is 4.99 Å². The van der Waals surface area contributed by atoms with Crippen LogP contribution in [0.5, 0.6) is 0 Å². The first-order chi connectivity index (χ1) is 2.50. The zero-order chi connectivity index (χ0) is 3.54. The summed E-state index contributed by atoms with van der Waals surface area (Å²) in [5.41, 5.74) is 0. The standard InChI is InChI=1S/C3H5N.Sn/c1-3-4-2;/h2H,1,3H2;. The van der Waals surface area contributed by atoms with Gasteiger partial charge in [0.2, 0.25) is 0 Å². The van der Waals surface area contributed by atoms with E-state index >= 15 is 0 Å². The van der Waals surface area contributed by atoms with Crippen molar-refractivity contribution >= 4 is 25.4 Å². The maximum absolute atomic E-state index is 4.03. The Morgan fingerprint density at radius 1 is 1.80 bits per heavy atom. The molecule has 1 heterocycles. The Labute approximate surface area is 41.7 Å². The first-order valence-electron chi connectivity index (χ1n) is 1.72. The molecule has 5 heavy (non-hydrogen) atoms. The molecule has 0 spiro atoms. The van der Waals surface area contributed by atoms with E-state index in [1.807, 2.05) is 0 Å². The van der Waals surface area contributed by atoms with Crippen molar-refractivity contribution in [1.29, 1.82) is 0 Å². The molecule has 1 aliphatic rings. The molecule has 0 aliphatic carbocycles. The van der Waals surface area contributed by atoms with Crippen LogP contribution >= 0.6 is 0 Å². The summed E-state index contributed by atoms with van der Waals surface area (Å²) >= 11 is 0.0372. The summed E-state index contributed by atoms with van der Waals surface area (Å²) in [6, 6.07) is 0. The van der Waals surface area contributed by atoms with Crippen molar-refractivity contribution < 1.29 is 0 Å². The molecule has 2 heteroatoms. The van der Waals surface area contributed by atoms with E-state index in [0.29, 0.717) is 0 Å². The van der Waals surface area contributed by atoms with Gasteiger partial charge in [-0.1, -0.05) is 0 Å². The van der Waals surface area contributed by atoms with Crippen LogP contribution in [0.1, 0.15) is 0 Å². The van der Waals surface area contributed by atoms with Crippen molar-refractivity contribution in [2.75, 3.05) is 6.54 Å². The monoisotopic (exact) mass is 175 g/mol. The Balaban J connectivity index is 2.32. The molecule has 0 saturated heterocycles. The van der Waals surface area contributed by atoms with Gasteiger partial charge in [0.15, 0.2) is 0 Å². The summed E-state index contributed by atoms with van der Waals surface area (Å²) in [5.74, 6) is 0. The molecule has 0 aromatic rings. The third-order valence-corrected chi connectivity index (χ3v) is 3.07. The van der Waals surface area contributed by atoms with Gasteiger partial charge in [0.05, 0.1) is 0 Å². The molecule has 0 saturated carbocycles. The molecule has 0 unspecified atom stereocenters. The number of hydrogen-bond donors (Lipinski definition) is 0. The normalized spacial score (nSPS) is 20.8. The van der Waals surface area contributed by atoms with Gasteiger partial charge in [0.25, 0.3) is 0 Å². The van der Waals surface area contributed by atoms with Gasteiger partial charge in [0, 0.05) is 0 Å². The van der Waals surface area contributed by atoms with Crippen LogP contribution < -0.4 is 0 Å². The predicted octanol–water partition coefficient (Wildman–Crippen LogP) is 0.151. The van der Waals surface area contributed by atoms with E-state index in [-0.39, 0.29) is 21.1 Å². The van der Waals surface area contributed by atoms with Crippen molar-refractivity contribution in [2.24, 2.45) is 4.99 Å². The van der Waals surface area contributed by atoms with Crippen LogP contribution in [0.4, 0.5) is 0 Å². The molecule has 0 aromatic heterocycles. The Morgan fingerprint density at radius 2 is 2.80 bits per heavy atom.